The molecular weight excluding hydrogens is 271 g/mol. The van der Waals surface area contributed by atoms with Gasteiger partial charge in [-0.1, -0.05) is 91.0 Å². The zero-order chi connectivity index (χ0) is 14.7. The summed E-state index contributed by atoms with van der Waals surface area (Å²) < 4.78 is 0. The summed E-state index contributed by atoms with van der Waals surface area (Å²) in [7, 11) is -0.486. The Kier molecular flexibility index (Phi) is 4.18. The van der Waals surface area contributed by atoms with Gasteiger partial charge in [0.1, 0.15) is 0 Å². The molecule has 0 amide bonds. The number of rotatable bonds is 4. The van der Waals surface area contributed by atoms with E-state index >= 15 is 0 Å². The maximum atomic E-state index is 4.18. The highest BCUT2D eigenvalue weighted by molar-refractivity contribution is 7.76. The molecule has 0 spiro atoms. The van der Waals surface area contributed by atoms with Crippen LogP contribution in [0.1, 0.15) is 6.92 Å². The fourth-order valence-corrected chi connectivity index (χ4v) is 5.35. The van der Waals surface area contributed by atoms with E-state index in [1.165, 1.54) is 21.5 Å². The Labute approximate surface area is 128 Å². The Balaban J connectivity index is 2.08. The summed E-state index contributed by atoms with van der Waals surface area (Å²) in [5.74, 6) is 0.372. The van der Waals surface area contributed by atoms with Gasteiger partial charge in [0.2, 0.25) is 0 Å². The molecule has 0 bridgehead atoms. The first kappa shape index (κ1) is 14.0. The third kappa shape index (κ3) is 2.91. The molecule has 0 fully saturated rings. The lowest BCUT2D eigenvalue weighted by Gasteiger charge is -2.25. The molecule has 0 saturated carbocycles. The normalized spacial score (nSPS) is 17.0. The third-order valence-corrected chi connectivity index (χ3v) is 6.28. The predicted molar refractivity (Wildman–Crippen MR) is 94.6 cm³/mol. The number of hydrogen-bond donors (Lipinski definition) is 0. The maximum absolute atomic E-state index is 4.18. The van der Waals surface area contributed by atoms with Crippen molar-refractivity contribution in [3.8, 4) is 0 Å². The van der Waals surface area contributed by atoms with Crippen molar-refractivity contribution in [1.29, 1.82) is 0 Å². The van der Waals surface area contributed by atoms with Gasteiger partial charge in [0.05, 0.1) is 0 Å². The van der Waals surface area contributed by atoms with Crippen LogP contribution in [0.5, 0.6) is 0 Å². The summed E-state index contributed by atoms with van der Waals surface area (Å²) in [6, 6.07) is 21.7. The standard InChI is InChI=1S/C20H19P/c1-16(2)19-14-9-15-20(19)21(17-10-5-3-6-11-17)18-12-7-4-8-13-18/h3-15,19H,1H2,2H3. The minimum Gasteiger partial charge on any atom is -0.0992 e. The molecule has 0 aromatic heterocycles. The molecule has 0 saturated heterocycles. The first-order valence-corrected chi connectivity index (χ1v) is 8.55. The van der Waals surface area contributed by atoms with Gasteiger partial charge in [-0.15, -0.1) is 0 Å². The quantitative estimate of drug-likeness (QED) is 0.562. The Morgan fingerprint density at radius 3 is 1.90 bits per heavy atom. The second-order valence-electron chi connectivity index (χ2n) is 5.31. The van der Waals surface area contributed by atoms with Gasteiger partial charge < -0.3 is 0 Å². The van der Waals surface area contributed by atoms with Crippen LogP contribution in [0.3, 0.4) is 0 Å². The van der Waals surface area contributed by atoms with E-state index < -0.39 is 7.92 Å². The van der Waals surface area contributed by atoms with E-state index in [2.05, 4.69) is 92.4 Å². The lowest BCUT2D eigenvalue weighted by molar-refractivity contribution is 0.973. The van der Waals surface area contributed by atoms with Crippen LogP contribution in [0.2, 0.25) is 0 Å². The molecule has 0 N–H and O–H groups in total. The van der Waals surface area contributed by atoms with E-state index in [-0.39, 0.29) is 0 Å². The van der Waals surface area contributed by atoms with Gasteiger partial charge in [-0.3, -0.25) is 0 Å². The van der Waals surface area contributed by atoms with Crippen LogP contribution in [-0.4, -0.2) is 0 Å². The first-order valence-electron chi connectivity index (χ1n) is 7.21. The fourth-order valence-electron chi connectivity index (χ4n) is 2.70. The average Bonchev–Trinajstić information content (AvgIpc) is 2.99. The second-order valence-corrected chi connectivity index (χ2v) is 7.53. The largest absolute Gasteiger partial charge is 0.0992 e. The first-order chi connectivity index (χ1) is 10.3. The highest BCUT2D eigenvalue weighted by Crippen LogP contribution is 2.50. The molecule has 1 unspecified atom stereocenters. The maximum Gasteiger partial charge on any atom is 0.0236 e. The van der Waals surface area contributed by atoms with Crippen LogP contribution in [-0.2, 0) is 0 Å². The van der Waals surface area contributed by atoms with Crippen LogP contribution in [0, 0.1) is 5.92 Å². The van der Waals surface area contributed by atoms with Crippen LogP contribution in [0.15, 0.2) is 96.4 Å². The number of hydrogen-bond acceptors (Lipinski definition) is 0. The van der Waals surface area contributed by atoms with Gasteiger partial charge in [0, 0.05) is 5.92 Å². The van der Waals surface area contributed by atoms with Gasteiger partial charge in [0.15, 0.2) is 0 Å². The molecule has 21 heavy (non-hydrogen) atoms. The van der Waals surface area contributed by atoms with Crippen LogP contribution < -0.4 is 10.6 Å². The molecule has 0 heterocycles. The molecule has 104 valence electrons. The van der Waals surface area contributed by atoms with E-state index in [4.69, 9.17) is 0 Å². The van der Waals surface area contributed by atoms with E-state index in [0.717, 1.165) is 0 Å². The van der Waals surface area contributed by atoms with Crippen molar-refractivity contribution >= 4 is 18.5 Å². The minimum atomic E-state index is -0.486. The van der Waals surface area contributed by atoms with Gasteiger partial charge in [-0.05, 0) is 30.8 Å². The summed E-state index contributed by atoms with van der Waals surface area (Å²) in [6.07, 6.45) is 6.72. The third-order valence-electron chi connectivity index (χ3n) is 3.71. The Bertz CT molecular complexity index is 641. The van der Waals surface area contributed by atoms with Crippen LogP contribution >= 0.6 is 7.92 Å². The van der Waals surface area contributed by atoms with Crippen LogP contribution in [0.4, 0.5) is 0 Å². The molecule has 0 radical (unpaired) electrons. The van der Waals surface area contributed by atoms with E-state index in [1.807, 2.05) is 0 Å². The average molecular weight is 290 g/mol. The summed E-state index contributed by atoms with van der Waals surface area (Å²) >= 11 is 0. The lowest BCUT2D eigenvalue weighted by Crippen LogP contribution is -2.15. The van der Waals surface area contributed by atoms with Crippen molar-refractivity contribution in [1.82, 2.24) is 0 Å². The second kappa shape index (κ2) is 6.24. The number of benzene rings is 2. The summed E-state index contributed by atoms with van der Waals surface area (Å²) in [5, 5.41) is 4.29. The molecule has 0 aliphatic heterocycles. The topological polar surface area (TPSA) is 0 Å². The van der Waals surface area contributed by atoms with Gasteiger partial charge >= 0.3 is 0 Å². The summed E-state index contributed by atoms with van der Waals surface area (Å²) in [4.78, 5) is 0. The van der Waals surface area contributed by atoms with Crippen LogP contribution in [0.25, 0.3) is 0 Å². The van der Waals surface area contributed by atoms with Gasteiger partial charge in [-0.25, -0.2) is 0 Å². The van der Waals surface area contributed by atoms with Crippen molar-refractivity contribution < 1.29 is 0 Å². The van der Waals surface area contributed by atoms with Gasteiger partial charge in [0.25, 0.3) is 0 Å². The van der Waals surface area contributed by atoms with Crippen molar-refractivity contribution in [3.63, 3.8) is 0 Å². The fraction of sp³-hybridized carbons (Fsp3) is 0.100. The zero-order valence-electron chi connectivity index (χ0n) is 12.2. The Morgan fingerprint density at radius 2 is 1.43 bits per heavy atom. The zero-order valence-corrected chi connectivity index (χ0v) is 13.1. The van der Waals surface area contributed by atoms with Crippen molar-refractivity contribution in [3.05, 3.63) is 96.4 Å². The molecule has 1 aliphatic rings. The Hall–Kier alpha value is -1.91. The molecular formula is C20H19P. The highest BCUT2D eigenvalue weighted by Gasteiger charge is 2.26. The molecule has 1 heteroatoms. The molecule has 0 nitrogen and oxygen atoms in total. The lowest BCUT2D eigenvalue weighted by atomic mass is 10.0. The molecule has 3 rings (SSSR count). The minimum absolute atomic E-state index is 0.372. The van der Waals surface area contributed by atoms with Gasteiger partial charge in [-0.2, -0.15) is 0 Å². The molecule has 2 aromatic rings. The number of allylic oxidation sites excluding steroid dienone is 5. The SMILES string of the molecule is C=C(C)C1C=CC=C1P(c1ccccc1)c1ccccc1. The molecule has 1 aliphatic carbocycles. The van der Waals surface area contributed by atoms with E-state index in [0.29, 0.717) is 5.92 Å². The monoisotopic (exact) mass is 290 g/mol. The van der Waals surface area contributed by atoms with Crippen molar-refractivity contribution in [2.75, 3.05) is 0 Å². The van der Waals surface area contributed by atoms with Crippen molar-refractivity contribution in [2.24, 2.45) is 5.92 Å². The van der Waals surface area contributed by atoms with Crippen molar-refractivity contribution in [2.45, 2.75) is 6.92 Å². The molecule has 1 atom stereocenters. The predicted octanol–water partition coefficient (Wildman–Crippen LogP) is 4.77. The highest BCUT2D eigenvalue weighted by atomic mass is 31.1. The van der Waals surface area contributed by atoms with E-state index in [1.54, 1.807) is 0 Å². The smallest absolute Gasteiger partial charge is 0.0236 e. The Morgan fingerprint density at radius 1 is 0.905 bits per heavy atom. The summed E-state index contributed by atoms with van der Waals surface area (Å²) in [5.41, 5.74) is 1.22. The summed E-state index contributed by atoms with van der Waals surface area (Å²) in [6.45, 7) is 6.30. The molecule has 2 aromatic carbocycles. The van der Waals surface area contributed by atoms with E-state index in [9.17, 15) is 0 Å².